The Morgan fingerprint density at radius 3 is 2.77 bits per heavy atom. The van der Waals surface area contributed by atoms with Crippen LogP contribution in [0.15, 0.2) is 30.9 Å². The average molecular weight is 342 g/mol. The summed E-state index contributed by atoms with van der Waals surface area (Å²) in [7, 11) is 0. The van der Waals surface area contributed by atoms with Gasteiger partial charge in [-0.2, -0.15) is 0 Å². The lowest BCUT2D eigenvalue weighted by Crippen LogP contribution is -2.33. The van der Waals surface area contributed by atoms with Crippen molar-refractivity contribution in [2.24, 2.45) is 0 Å². The Morgan fingerprint density at radius 1 is 1.32 bits per heavy atom. The number of ether oxygens (including phenoxy) is 2. The van der Waals surface area contributed by atoms with Crippen LogP contribution < -0.4 is 0 Å². The van der Waals surface area contributed by atoms with Gasteiger partial charge in [0.1, 0.15) is 12.7 Å². The number of aromatic nitrogens is 3. The maximum absolute atomic E-state index is 6.38. The minimum absolute atomic E-state index is 0.0493. The maximum atomic E-state index is 6.38. The summed E-state index contributed by atoms with van der Waals surface area (Å²) in [4.78, 5) is 0. The van der Waals surface area contributed by atoms with E-state index in [2.05, 4.69) is 17.1 Å². The van der Waals surface area contributed by atoms with Gasteiger partial charge in [0, 0.05) is 10.6 Å². The summed E-state index contributed by atoms with van der Waals surface area (Å²) in [5, 5.41) is 8.76. The van der Waals surface area contributed by atoms with Gasteiger partial charge in [-0.25, -0.2) is 0 Å². The van der Waals surface area contributed by atoms with Crippen molar-refractivity contribution in [1.29, 1.82) is 0 Å². The van der Waals surface area contributed by atoms with Gasteiger partial charge >= 0.3 is 0 Å². The van der Waals surface area contributed by atoms with Crippen LogP contribution in [0, 0.1) is 0 Å². The highest BCUT2D eigenvalue weighted by Crippen LogP contribution is 2.41. The molecule has 0 radical (unpaired) electrons. The molecule has 5 nitrogen and oxygen atoms in total. The standard InChI is InChI=1S/C15H17Cl2N3O2/c1-2-3-12-7-21-15(22-12,8-20-9-18-19-10-20)13-5-4-11(16)6-14(13)17/h4-6,9-10,12H,2-3,7-8H2,1H3/t12-,15-/m0/s1. The van der Waals surface area contributed by atoms with E-state index in [-0.39, 0.29) is 6.10 Å². The quantitative estimate of drug-likeness (QED) is 0.832. The zero-order valence-electron chi connectivity index (χ0n) is 12.2. The van der Waals surface area contributed by atoms with E-state index in [1.54, 1.807) is 24.8 Å². The molecule has 0 N–H and O–H groups in total. The van der Waals surface area contributed by atoms with Gasteiger partial charge in [-0.1, -0.05) is 42.6 Å². The van der Waals surface area contributed by atoms with E-state index in [0.717, 1.165) is 18.4 Å². The van der Waals surface area contributed by atoms with Gasteiger partial charge in [0.05, 0.1) is 24.3 Å². The summed E-state index contributed by atoms with van der Waals surface area (Å²) in [6.07, 6.45) is 5.28. The molecule has 0 bridgehead atoms. The minimum atomic E-state index is -0.941. The van der Waals surface area contributed by atoms with Crippen LogP contribution in [0.25, 0.3) is 0 Å². The number of rotatable bonds is 5. The Morgan fingerprint density at radius 2 is 2.09 bits per heavy atom. The van der Waals surface area contributed by atoms with Crippen molar-refractivity contribution in [3.8, 4) is 0 Å². The molecule has 1 aliphatic rings. The summed E-state index contributed by atoms with van der Waals surface area (Å²) in [6, 6.07) is 5.34. The molecule has 0 amide bonds. The summed E-state index contributed by atoms with van der Waals surface area (Å²) in [5.41, 5.74) is 0.769. The molecule has 118 valence electrons. The van der Waals surface area contributed by atoms with E-state index in [0.29, 0.717) is 23.2 Å². The predicted molar refractivity (Wildman–Crippen MR) is 83.9 cm³/mol. The highest BCUT2D eigenvalue weighted by molar-refractivity contribution is 6.35. The molecule has 1 aromatic carbocycles. The number of benzene rings is 1. The molecule has 0 saturated carbocycles. The molecule has 22 heavy (non-hydrogen) atoms. The number of hydrogen-bond acceptors (Lipinski definition) is 4. The summed E-state index contributed by atoms with van der Waals surface area (Å²) in [5.74, 6) is -0.941. The second kappa shape index (κ2) is 6.54. The molecule has 3 rings (SSSR count). The van der Waals surface area contributed by atoms with E-state index in [9.17, 15) is 0 Å². The van der Waals surface area contributed by atoms with Crippen LogP contribution >= 0.6 is 23.2 Å². The zero-order valence-corrected chi connectivity index (χ0v) is 13.7. The largest absolute Gasteiger partial charge is 0.342 e. The maximum Gasteiger partial charge on any atom is 0.215 e. The minimum Gasteiger partial charge on any atom is -0.342 e. The van der Waals surface area contributed by atoms with Crippen molar-refractivity contribution in [1.82, 2.24) is 14.8 Å². The fourth-order valence-electron chi connectivity index (χ4n) is 2.68. The van der Waals surface area contributed by atoms with Crippen LogP contribution in [0.1, 0.15) is 25.3 Å². The van der Waals surface area contributed by atoms with E-state index in [1.807, 2.05) is 10.6 Å². The van der Waals surface area contributed by atoms with Gasteiger partial charge in [0.15, 0.2) is 0 Å². The third-order valence-electron chi connectivity index (χ3n) is 3.67. The molecule has 2 atom stereocenters. The van der Waals surface area contributed by atoms with Crippen LogP contribution in [0.4, 0.5) is 0 Å². The molecule has 7 heteroatoms. The summed E-state index contributed by atoms with van der Waals surface area (Å²) in [6.45, 7) is 3.09. The molecule has 0 spiro atoms. The first-order valence-corrected chi connectivity index (χ1v) is 7.98. The fourth-order valence-corrected chi connectivity index (χ4v) is 3.23. The van der Waals surface area contributed by atoms with Gasteiger partial charge in [-0.05, 0) is 18.6 Å². The van der Waals surface area contributed by atoms with Gasteiger partial charge in [-0.15, -0.1) is 10.2 Å². The van der Waals surface area contributed by atoms with Crippen molar-refractivity contribution in [3.05, 3.63) is 46.5 Å². The van der Waals surface area contributed by atoms with E-state index >= 15 is 0 Å². The SMILES string of the molecule is CCC[C@H]1CO[C@](Cn2cnnc2)(c2ccc(Cl)cc2Cl)O1. The van der Waals surface area contributed by atoms with Crippen molar-refractivity contribution < 1.29 is 9.47 Å². The van der Waals surface area contributed by atoms with Crippen molar-refractivity contribution in [2.45, 2.75) is 38.2 Å². The lowest BCUT2D eigenvalue weighted by molar-refractivity contribution is -0.187. The van der Waals surface area contributed by atoms with Crippen LogP contribution in [-0.4, -0.2) is 27.5 Å². The van der Waals surface area contributed by atoms with Gasteiger partial charge in [-0.3, -0.25) is 0 Å². The lowest BCUT2D eigenvalue weighted by atomic mass is 10.1. The molecule has 0 unspecified atom stereocenters. The molecular weight excluding hydrogens is 325 g/mol. The van der Waals surface area contributed by atoms with Gasteiger partial charge in [0.25, 0.3) is 0 Å². The zero-order chi connectivity index (χ0) is 15.6. The second-order valence-corrected chi connectivity index (χ2v) is 6.19. The lowest BCUT2D eigenvalue weighted by Gasteiger charge is -2.29. The van der Waals surface area contributed by atoms with Crippen LogP contribution in [-0.2, 0) is 21.8 Å². The van der Waals surface area contributed by atoms with Gasteiger partial charge in [0.2, 0.25) is 5.79 Å². The molecule has 1 fully saturated rings. The third kappa shape index (κ3) is 3.13. The van der Waals surface area contributed by atoms with Crippen LogP contribution in [0.2, 0.25) is 10.0 Å². The first kappa shape index (κ1) is 15.7. The molecule has 2 aromatic rings. The summed E-state index contributed by atoms with van der Waals surface area (Å²) >= 11 is 12.4. The molecule has 0 aliphatic carbocycles. The Kier molecular flexibility index (Phi) is 4.68. The molecule has 1 saturated heterocycles. The van der Waals surface area contributed by atoms with E-state index in [4.69, 9.17) is 32.7 Å². The van der Waals surface area contributed by atoms with Crippen LogP contribution in [0.3, 0.4) is 0 Å². The Labute approximate surface area is 139 Å². The second-order valence-electron chi connectivity index (χ2n) is 5.35. The highest BCUT2D eigenvalue weighted by Gasteiger charge is 2.44. The normalized spacial score (nSPS) is 24.8. The fraction of sp³-hybridized carbons (Fsp3) is 0.467. The first-order chi connectivity index (χ1) is 10.6. The number of halogens is 2. The van der Waals surface area contributed by atoms with Crippen molar-refractivity contribution >= 4 is 23.2 Å². The summed E-state index contributed by atoms with van der Waals surface area (Å²) < 4.78 is 14.1. The monoisotopic (exact) mass is 341 g/mol. The Bertz CT molecular complexity index is 636. The average Bonchev–Trinajstić information content (AvgIpc) is 3.10. The van der Waals surface area contributed by atoms with E-state index in [1.165, 1.54) is 0 Å². The van der Waals surface area contributed by atoms with Gasteiger partial charge < -0.3 is 14.0 Å². The first-order valence-electron chi connectivity index (χ1n) is 7.22. The number of nitrogens with zero attached hydrogens (tertiary/aromatic N) is 3. The van der Waals surface area contributed by atoms with Crippen molar-refractivity contribution in [2.75, 3.05) is 6.61 Å². The Hall–Kier alpha value is -1.14. The molecule has 2 heterocycles. The topological polar surface area (TPSA) is 49.2 Å². The van der Waals surface area contributed by atoms with Crippen molar-refractivity contribution in [3.63, 3.8) is 0 Å². The molecular formula is C15H17Cl2N3O2. The predicted octanol–water partition coefficient (Wildman–Crippen LogP) is 3.65. The molecule has 1 aromatic heterocycles. The van der Waals surface area contributed by atoms with E-state index < -0.39 is 5.79 Å². The number of hydrogen-bond donors (Lipinski definition) is 0. The Balaban J connectivity index is 1.96. The molecule has 1 aliphatic heterocycles. The highest BCUT2D eigenvalue weighted by atomic mass is 35.5. The smallest absolute Gasteiger partial charge is 0.215 e. The third-order valence-corrected chi connectivity index (χ3v) is 4.22. The van der Waals surface area contributed by atoms with Crippen LogP contribution in [0.5, 0.6) is 0 Å².